The molecule has 1 N–H and O–H groups in total. The number of hydrogen-bond donors (Lipinski definition) is 1. The molecule has 0 aromatic heterocycles. The molecule has 1 atom stereocenters. The van der Waals surface area contributed by atoms with Crippen molar-refractivity contribution in [3.05, 3.63) is 65.7 Å². The van der Waals surface area contributed by atoms with Crippen molar-refractivity contribution < 1.29 is 4.74 Å². The molecule has 118 valence electrons. The van der Waals surface area contributed by atoms with Crippen LogP contribution in [0.5, 0.6) is 5.75 Å². The lowest BCUT2D eigenvalue weighted by Gasteiger charge is -2.22. The maximum absolute atomic E-state index is 5.24. The van der Waals surface area contributed by atoms with E-state index in [4.69, 9.17) is 4.74 Å². The fourth-order valence-electron chi connectivity index (χ4n) is 2.82. The quantitative estimate of drug-likeness (QED) is 0.718. The number of rotatable bonds is 8. The molecule has 2 heteroatoms. The summed E-state index contributed by atoms with van der Waals surface area (Å²) in [6, 6.07) is 19.1. The molecule has 0 bridgehead atoms. The lowest BCUT2D eigenvalue weighted by Crippen LogP contribution is -2.19. The maximum Gasteiger partial charge on any atom is 0.118 e. The summed E-state index contributed by atoms with van der Waals surface area (Å²) in [5.74, 6) is 2.13. The summed E-state index contributed by atoms with van der Waals surface area (Å²) in [5.41, 5.74) is 2.74. The molecule has 22 heavy (non-hydrogen) atoms. The van der Waals surface area contributed by atoms with E-state index in [2.05, 4.69) is 73.8 Å². The Morgan fingerprint density at radius 1 is 0.955 bits per heavy atom. The normalized spacial score (nSPS) is 12.4. The minimum Gasteiger partial charge on any atom is -0.497 e. The molecule has 0 amide bonds. The topological polar surface area (TPSA) is 21.3 Å². The van der Waals surface area contributed by atoms with Crippen molar-refractivity contribution in [3.8, 4) is 5.75 Å². The zero-order valence-electron chi connectivity index (χ0n) is 13.9. The first-order valence-corrected chi connectivity index (χ1v) is 8.09. The van der Waals surface area contributed by atoms with Crippen LogP contribution >= 0.6 is 0 Å². The smallest absolute Gasteiger partial charge is 0.118 e. The second-order valence-electron chi connectivity index (χ2n) is 6.07. The average Bonchev–Trinajstić information content (AvgIpc) is 2.56. The molecule has 0 fully saturated rings. The summed E-state index contributed by atoms with van der Waals surface area (Å²) in [5, 5.41) is 3.55. The van der Waals surface area contributed by atoms with Crippen LogP contribution in [0.3, 0.4) is 0 Å². The Kier molecular flexibility index (Phi) is 6.47. The van der Waals surface area contributed by atoms with Crippen molar-refractivity contribution in [1.29, 1.82) is 0 Å². The van der Waals surface area contributed by atoms with E-state index < -0.39 is 0 Å². The monoisotopic (exact) mass is 297 g/mol. The van der Waals surface area contributed by atoms with E-state index in [1.165, 1.54) is 11.1 Å². The van der Waals surface area contributed by atoms with Crippen LogP contribution < -0.4 is 10.1 Å². The molecule has 0 radical (unpaired) electrons. The van der Waals surface area contributed by atoms with Gasteiger partial charge < -0.3 is 10.1 Å². The van der Waals surface area contributed by atoms with Crippen LogP contribution in [0.2, 0.25) is 0 Å². The third kappa shape index (κ3) is 4.88. The highest BCUT2D eigenvalue weighted by molar-refractivity contribution is 5.29. The third-order valence-electron chi connectivity index (χ3n) is 4.15. The van der Waals surface area contributed by atoms with Crippen LogP contribution in [0.4, 0.5) is 0 Å². The maximum atomic E-state index is 5.24. The molecule has 0 unspecified atom stereocenters. The van der Waals surface area contributed by atoms with Crippen LogP contribution in [0, 0.1) is 5.92 Å². The number of benzene rings is 2. The molecule has 0 aliphatic rings. The molecule has 0 aliphatic carbocycles. The third-order valence-corrected chi connectivity index (χ3v) is 4.15. The molecule has 0 spiro atoms. The summed E-state index contributed by atoms with van der Waals surface area (Å²) < 4.78 is 5.24. The zero-order chi connectivity index (χ0) is 15.8. The number of methoxy groups -OCH3 is 1. The van der Waals surface area contributed by atoms with Crippen molar-refractivity contribution in [3.63, 3.8) is 0 Å². The van der Waals surface area contributed by atoms with E-state index in [9.17, 15) is 0 Å². The first-order valence-electron chi connectivity index (χ1n) is 8.09. The molecule has 0 heterocycles. The van der Waals surface area contributed by atoms with Gasteiger partial charge in [-0.25, -0.2) is 0 Å². The van der Waals surface area contributed by atoms with Crippen LogP contribution in [0.15, 0.2) is 54.6 Å². The average molecular weight is 297 g/mol. The Balaban J connectivity index is 1.86. The van der Waals surface area contributed by atoms with Crippen LogP contribution in [-0.4, -0.2) is 13.7 Å². The Labute approximate surface area is 134 Å². The lowest BCUT2D eigenvalue weighted by atomic mass is 9.86. The van der Waals surface area contributed by atoms with Gasteiger partial charge in [-0.3, -0.25) is 0 Å². The minimum atomic E-state index is 0.578. The Bertz CT molecular complexity index is 533. The molecular weight excluding hydrogens is 270 g/mol. The molecule has 0 aliphatic heterocycles. The van der Waals surface area contributed by atoms with Gasteiger partial charge in [-0.15, -0.1) is 0 Å². The van der Waals surface area contributed by atoms with Gasteiger partial charge in [-0.1, -0.05) is 56.3 Å². The largest absolute Gasteiger partial charge is 0.497 e. The summed E-state index contributed by atoms with van der Waals surface area (Å²) in [7, 11) is 1.71. The van der Waals surface area contributed by atoms with Gasteiger partial charge in [0.25, 0.3) is 0 Å². The first-order chi connectivity index (χ1) is 10.7. The van der Waals surface area contributed by atoms with Gasteiger partial charge in [0, 0.05) is 6.54 Å². The van der Waals surface area contributed by atoms with Crippen LogP contribution in [0.1, 0.15) is 37.3 Å². The predicted molar refractivity (Wildman–Crippen MR) is 93.3 cm³/mol. The fourth-order valence-corrected chi connectivity index (χ4v) is 2.82. The second kappa shape index (κ2) is 8.60. The Hall–Kier alpha value is -1.80. The van der Waals surface area contributed by atoms with E-state index in [0.717, 1.165) is 25.3 Å². The predicted octanol–water partition coefficient (Wildman–Crippen LogP) is 4.61. The van der Waals surface area contributed by atoms with Gasteiger partial charge in [0.05, 0.1) is 7.11 Å². The van der Waals surface area contributed by atoms with Crippen molar-refractivity contribution in [2.75, 3.05) is 13.7 Å². The SMILES string of the molecule is COc1ccc([C@H](CCNCc2ccccc2)C(C)C)cc1. The summed E-state index contributed by atoms with van der Waals surface area (Å²) >= 11 is 0. The standard InChI is InChI=1S/C20H27NO/c1-16(2)20(18-9-11-19(22-3)12-10-18)13-14-21-15-17-7-5-4-6-8-17/h4-12,16,20-21H,13-15H2,1-3H3/t20-/m1/s1. The summed E-state index contributed by atoms with van der Waals surface area (Å²) in [4.78, 5) is 0. The van der Waals surface area contributed by atoms with Gasteiger partial charge in [0.1, 0.15) is 5.75 Å². The number of ether oxygens (including phenoxy) is 1. The van der Waals surface area contributed by atoms with Crippen molar-refractivity contribution in [2.45, 2.75) is 32.7 Å². The van der Waals surface area contributed by atoms with Gasteiger partial charge in [0.2, 0.25) is 0 Å². The molecular formula is C20H27NO. The first kappa shape index (κ1) is 16.6. The fraction of sp³-hybridized carbons (Fsp3) is 0.400. The number of hydrogen-bond acceptors (Lipinski definition) is 2. The Morgan fingerprint density at radius 3 is 2.23 bits per heavy atom. The van der Waals surface area contributed by atoms with Crippen LogP contribution in [0.25, 0.3) is 0 Å². The number of nitrogens with one attached hydrogen (secondary N) is 1. The highest BCUT2D eigenvalue weighted by atomic mass is 16.5. The molecule has 2 aromatic rings. The van der Waals surface area contributed by atoms with E-state index >= 15 is 0 Å². The lowest BCUT2D eigenvalue weighted by molar-refractivity contribution is 0.413. The molecule has 0 saturated carbocycles. The molecule has 2 aromatic carbocycles. The van der Waals surface area contributed by atoms with Crippen molar-refractivity contribution in [2.24, 2.45) is 5.92 Å². The van der Waals surface area contributed by atoms with E-state index in [0.29, 0.717) is 11.8 Å². The van der Waals surface area contributed by atoms with E-state index in [1.54, 1.807) is 7.11 Å². The molecule has 2 nitrogen and oxygen atoms in total. The molecule has 2 rings (SSSR count). The van der Waals surface area contributed by atoms with Crippen molar-refractivity contribution >= 4 is 0 Å². The molecule has 0 saturated heterocycles. The van der Waals surface area contributed by atoms with Gasteiger partial charge >= 0.3 is 0 Å². The Morgan fingerprint density at radius 2 is 1.64 bits per heavy atom. The second-order valence-corrected chi connectivity index (χ2v) is 6.07. The van der Waals surface area contributed by atoms with E-state index in [1.807, 2.05) is 0 Å². The summed E-state index contributed by atoms with van der Waals surface area (Å²) in [6.45, 7) is 6.57. The van der Waals surface area contributed by atoms with Crippen molar-refractivity contribution in [1.82, 2.24) is 5.32 Å². The van der Waals surface area contributed by atoms with Gasteiger partial charge in [-0.05, 0) is 48.1 Å². The van der Waals surface area contributed by atoms with Gasteiger partial charge in [-0.2, -0.15) is 0 Å². The minimum absolute atomic E-state index is 0.578. The highest BCUT2D eigenvalue weighted by Crippen LogP contribution is 2.28. The van der Waals surface area contributed by atoms with Crippen LogP contribution in [-0.2, 0) is 6.54 Å². The zero-order valence-corrected chi connectivity index (χ0v) is 13.9. The van der Waals surface area contributed by atoms with Gasteiger partial charge in [0.15, 0.2) is 0 Å². The summed E-state index contributed by atoms with van der Waals surface area (Å²) in [6.07, 6.45) is 1.15. The van der Waals surface area contributed by atoms with E-state index in [-0.39, 0.29) is 0 Å². The highest BCUT2D eigenvalue weighted by Gasteiger charge is 2.15.